The average molecular weight is 557 g/mol. The second kappa shape index (κ2) is 10.1. The summed E-state index contributed by atoms with van der Waals surface area (Å²) in [6.45, 7) is 3.42. The molecule has 0 fully saturated rings. The van der Waals surface area contributed by atoms with Crippen LogP contribution in [-0.4, -0.2) is 20.9 Å². The van der Waals surface area contributed by atoms with E-state index in [1.165, 1.54) is 30.3 Å². The molecule has 34 heavy (non-hydrogen) atoms. The highest BCUT2D eigenvalue weighted by Crippen LogP contribution is 2.31. The predicted octanol–water partition coefficient (Wildman–Crippen LogP) is 5.90. The van der Waals surface area contributed by atoms with E-state index in [4.69, 9.17) is 4.74 Å². The van der Waals surface area contributed by atoms with Crippen molar-refractivity contribution in [1.82, 2.24) is 0 Å². The molecule has 0 radical (unpaired) electrons. The molecule has 0 bridgehead atoms. The van der Waals surface area contributed by atoms with Gasteiger partial charge in [-0.05, 0) is 79.6 Å². The van der Waals surface area contributed by atoms with Crippen LogP contribution in [0.2, 0.25) is 0 Å². The Hall–Kier alpha value is -3.05. The minimum absolute atomic E-state index is 0.178. The van der Waals surface area contributed by atoms with E-state index in [9.17, 15) is 26.4 Å². The molecule has 11 heteroatoms. The first-order valence-electron chi connectivity index (χ1n) is 9.85. The molecule has 0 aromatic heterocycles. The average Bonchev–Trinajstić information content (AvgIpc) is 2.74. The van der Waals surface area contributed by atoms with Crippen LogP contribution >= 0.6 is 15.9 Å². The number of carbonyl (C=O) groups is 1. The van der Waals surface area contributed by atoms with Crippen LogP contribution in [0.3, 0.4) is 0 Å². The van der Waals surface area contributed by atoms with Gasteiger partial charge in [0.05, 0.1) is 10.5 Å². The number of sulfonamides is 1. The van der Waals surface area contributed by atoms with Gasteiger partial charge in [-0.3, -0.25) is 9.52 Å². The summed E-state index contributed by atoms with van der Waals surface area (Å²) in [4.78, 5) is 12.1. The highest BCUT2D eigenvalue weighted by atomic mass is 79.9. The maximum atomic E-state index is 12.9. The zero-order valence-electron chi connectivity index (χ0n) is 18.0. The molecular weight excluding hydrogens is 537 g/mol. The lowest BCUT2D eigenvalue weighted by molar-refractivity contribution is -0.137. The van der Waals surface area contributed by atoms with E-state index in [1.54, 1.807) is 0 Å². The highest BCUT2D eigenvalue weighted by molar-refractivity contribution is 9.10. The normalized spacial score (nSPS) is 11.7. The Labute approximate surface area is 203 Å². The standard InChI is InChI=1S/C23H20BrF3N2O4S/c1-14-10-17(24)11-15(2)22(14)28-21(30)13-33-19-6-8-20(9-7-19)34(31,32)29-18-5-3-4-16(12-18)23(25,26)27/h3-12,29H,13H2,1-2H3,(H,28,30). The van der Waals surface area contributed by atoms with Crippen molar-refractivity contribution in [2.45, 2.75) is 24.9 Å². The van der Waals surface area contributed by atoms with Gasteiger partial charge in [0, 0.05) is 15.8 Å². The molecule has 0 heterocycles. The van der Waals surface area contributed by atoms with Crippen molar-refractivity contribution in [3.8, 4) is 5.75 Å². The third kappa shape index (κ3) is 6.51. The smallest absolute Gasteiger partial charge is 0.416 e. The van der Waals surface area contributed by atoms with Crippen LogP contribution in [0.1, 0.15) is 16.7 Å². The number of amides is 1. The summed E-state index contributed by atoms with van der Waals surface area (Å²) < 4.78 is 72.1. The SMILES string of the molecule is Cc1cc(Br)cc(C)c1NC(=O)COc1ccc(S(=O)(=O)Nc2cccc(C(F)(F)F)c2)cc1. The summed E-state index contributed by atoms with van der Waals surface area (Å²) in [5, 5.41) is 2.78. The predicted molar refractivity (Wildman–Crippen MR) is 126 cm³/mol. The van der Waals surface area contributed by atoms with E-state index in [0.29, 0.717) is 11.8 Å². The summed E-state index contributed by atoms with van der Waals surface area (Å²) in [5.41, 5.74) is 1.25. The Morgan fingerprint density at radius 1 is 1.00 bits per heavy atom. The van der Waals surface area contributed by atoms with Gasteiger partial charge in [-0.15, -0.1) is 0 Å². The number of aryl methyl sites for hydroxylation is 2. The zero-order valence-corrected chi connectivity index (χ0v) is 20.4. The van der Waals surface area contributed by atoms with E-state index in [0.717, 1.165) is 27.7 Å². The molecule has 0 saturated heterocycles. The third-order valence-corrected chi connectivity index (χ3v) is 6.56. The maximum Gasteiger partial charge on any atom is 0.416 e. The summed E-state index contributed by atoms with van der Waals surface area (Å²) >= 11 is 3.39. The van der Waals surface area contributed by atoms with E-state index in [1.807, 2.05) is 26.0 Å². The fourth-order valence-corrected chi connectivity index (χ4v) is 4.86. The van der Waals surface area contributed by atoms with Gasteiger partial charge in [0.15, 0.2) is 6.61 Å². The second-order valence-electron chi connectivity index (χ2n) is 7.41. The van der Waals surface area contributed by atoms with Crippen LogP contribution in [0.5, 0.6) is 5.75 Å². The Morgan fingerprint density at radius 2 is 1.62 bits per heavy atom. The van der Waals surface area contributed by atoms with Crippen molar-refractivity contribution in [1.29, 1.82) is 0 Å². The van der Waals surface area contributed by atoms with E-state index in [-0.39, 0.29) is 22.9 Å². The molecule has 2 N–H and O–H groups in total. The van der Waals surface area contributed by atoms with Gasteiger partial charge in [0.25, 0.3) is 15.9 Å². The first kappa shape index (κ1) is 25.6. The monoisotopic (exact) mass is 556 g/mol. The fraction of sp³-hybridized carbons (Fsp3) is 0.174. The van der Waals surface area contributed by atoms with Crippen molar-refractivity contribution in [2.24, 2.45) is 0 Å². The van der Waals surface area contributed by atoms with Crippen LogP contribution in [0.15, 0.2) is 70.0 Å². The summed E-state index contributed by atoms with van der Waals surface area (Å²) in [7, 11) is -4.13. The van der Waals surface area contributed by atoms with Crippen LogP contribution in [0, 0.1) is 13.8 Å². The molecule has 0 spiro atoms. The molecule has 0 atom stereocenters. The molecule has 180 valence electrons. The number of nitrogens with one attached hydrogen (secondary N) is 2. The second-order valence-corrected chi connectivity index (χ2v) is 10.0. The van der Waals surface area contributed by atoms with E-state index >= 15 is 0 Å². The summed E-state index contributed by atoms with van der Waals surface area (Å²) in [5.74, 6) is -0.145. The molecule has 0 aliphatic heterocycles. The van der Waals surface area contributed by atoms with Crippen LogP contribution in [0.4, 0.5) is 24.5 Å². The molecule has 0 unspecified atom stereocenters. The number of ether oxygens (including phenoxy) is 1. The number of anilines is 2. The molecule has 6 nitrogen and oxygen atoms in total. The highest BCUT2D eigenvalue weighted by Gasteiger charge is 2.30. The third-order valence-electron chi connectivity index (χ3n) is 4.71. The lowest BCUT2D eigenvalue weighted by atomic mass is 10.1. The minimum Gasteiger partial charge on any atom is -0.484 e. The van der Waals surface area contributed by atoms with Crippen molar-refractivity contribution < 1.29 is 31.1 Å². The maximum absolute atomic E-state index is 12.9. The number of hydrogen-bond acceptors (Lipinski definition) is 4. The van der Waals surface area contributed by atoms with Crippen LogP contribution < -0.4 is 14.8 Å². The van der Waals surface area contributed by atoms with E-state index < -0.39 is 27.7 Å². The van der Waals surface area contributed by atoms with Gasteiger partial charge in [-0.25, -0.2) is 8.42 Å². The number of alkyl halides is 3. The van der Waals surface area contributed by atoms with Crippen LogP contribution in [-0.2, 0) is 21.0 Å². The largest absolute Gasteiger partial charge is 0.484 e. The topological polar surface area (TPSA) is 84.5 Å². The summed E-state index contributed by atoms with van der Waals surface area (Å²) in [6, 6.07) is 12.8. The summed E-state index contributed by atoms with van der Waals surface area (Å²) in [6.07, 6.45) is -4.60. The van der Waals surface area contributed by atoms with Crippen molar-refractivity contribution in [2.75, 3.05) is 16.6 Å². The number of halogens is 4. The Balaban J connectivity index is 1.63. The van der Waals surface area contributed by atoms with Crippen molar-refractivity contribution >= 4 is 43.2 Å². The first-order chi connectivity index (χ1) is 15.8. The van der Waals surface area contributed by atoms with Gasteiger partial charge in [0.2, 0.25) is 0 Å². The number of hydrogen-bond donors (Lipinski definition) is 2. The van der Waals surface area contributed by atoms with Crippen molar-refractivity contribution in [3.63, 3.8) is 0 Å². The van der Waals surface area contributed by atoms with Gasteiger partial charge in [-0.1, -0.05) is 22.0 Å². The van der Waals surface area contributed by atoms with Gasteiger partial charge >= 0.3 is 6.18 Å². The zero-order chi connectivity index (χ0) is 25.1. The van der Waals surface area contributed by atoms with Gasteiger partial charge < -0.3 is 10.1 Å². The lowest BCUT2D eigenvalue weighted by Crippen LogP contribution is -2.21. The molecule has 0 aliphatic carbocycles. The first-order valence-corrected chi connectivity index (χ1v) is 12.1. The number of benzene rings is 3. The fourth-order valence-electron chi connectivity index (χ4n) is 3.12. The Bertz CT molecular complexity index is 1290. The molecule has 0 aliphatic rings. The number of rotatable bonds is 7. The molecular formula is C23H20BrF3N2O4S. The molecule has 3 aromatic carbocycles. The molecule has 3 aromatic rings. The Kier molecular flexibility index (Phi) is 7.57. The van der Waals surface area contributed by atoms with Gasteiger partial charge in [-0.2, -0.15) is 13.2 Å². The van der Waals surface area contributed by atoms with Gasteiger partial charge in [0.1, 0.15) is 5.75 Å². The van der Waals surface area contributed by atoms with E-state index in [2.05, 4.69) is 26.0 Å². The molecule has 0 saturated carbocycles. The minimum atomic E-state index is -4.60. The van der Waals surface area contributed by atoms with Crippen molar-refractivity contribution in [3.05, 3.63) is 81.8 Å². The molecule has 1 amide bonds. The Morgan fingerprint density at radius 3 is 2.21 bits per heavy atom. The van der Waals surface area contributed by atoms with Crippen LogP contribution in [0.25, 0.3) is 0 Å². The quantitative estimate of drug-likeness (QED) is 0.379. The molecule has 3 rings (SSSR count). The lowest BCUT2D eigenvalue weighted by Gasteiger charge is -2.13. The number of carbonyl (C=O) groups excluding carboxylic acids is 1.